The third kappa shape index (κ3) is 4.60. The predicted molar refractivity (Wildman–Crippen MR) is 102 cm³/mol. The molecule has 0 aliphatic carbocycles. The van der Waals surface area contributed by atoms with E-state index < -0.39 is 16.1 Å². The Morgan fingerprint density at radius 1 is 1.35 bits per heavy atom. The third-order valence-corrected chi connectivity index (χ3v) is 7.13. The molecular formula is C17H22N4O3S2. The number of nitrogens with zero attached hydrogens (tertiary/aromatic N) is 2. The lowest BCUT2D eigenvalue weighted by Gasteiger charge is -2.17. The summed E-state index contributed by atoms with van der Waals surface area (Å²) in [4.78, 5) is 18.9. The molecule has 1 fully saturated rings. The Kier molecular flexibility index (Phi) is 5.90. The topological polar surface area (TPSA) is 91.4 Å². The minimum atomic E-state index is -3.67. The van der Waals surface area contributed by atoms with Gasteiger partial charge in [-0.25, -0.2) is 13.4 Å². The van der Waals surface area contributed by atoms with Gasteiger partial charge in [-0.1, -0.05) is 6.07 Å². The molecule has 0 radical (unpaired) electrons. The summed E-state index contributed by atoms with van der Waals surface area (Å²) in [5.41, 5.74) is 0.934. The monoisotopic (exact) mass is 394 g/mol. The fraction of sp³-hybridized carbons (Fsp3) is 0.412. The zero-order chi connectivity index (χ0) is 18.6. The molecule has 2 N–H and O–H groups in total. The largest absolute Gasteiger partial charge is 0.357 e. The predicted octanol–water partition coefficient (Wildman–Crippen LogP) is 1.73. The minimum absolute atomic E-state index is 0.196. The Balaban J connectivity index is 1.56. The minimum Gasteiger partial charge on any atom is -0.357 e. The van der Waals surface area contributed by atoms with Gasteiger partial charge in [-0.15, -0.1) is 11.3 Å². The van der Waals surface area contributed by atoms with Crippen LogP contribution in [0.3, 0.4) is 0 Å². The lowest BCUT2D eigenvalue weighted by Crippen LogP contribution is -2.44. The molecule has 2 aromatic heterocycles. The second-order valence-corrected chi connectivity index (χ2v) is 9.10. The van der Waals surface area contributed by atoms with Gasteiger partial charge in [0.1, 0.15) is 10.0 Å². The van der Waals surface area contributed by atoms with E-state index in [2.05, 4.69) is 19.9 Å². The van der Waals surface area contributed by atoms with Gasteiger partial charge >= 0.3 is 0 Å². The van der Waals surface area contributed by atoms with Crippen LogP contribution in [-0.4, -0.2) is 38.4 Å². The smallest absolute Gasteiger partial charge is 0.250 e. The summed E-state index contributed by atoms with van der Waals surface area (Å²) in [6, 6.07) is 6.12. The van der Waals surface area contributed by atoms with Crippen LogP contribution < -0.4 is 14.9 Å². The summed E-state index contributed by atoms with van der Waals surface area (Å²) in [5.74, 6) is 0.547. The number of thiophene rings is 1. The number of nitrogens with one attached hydrogen (secondary N) is 2. The Labute approximate surface area is 157 Å². The third-order valence-electron chi connectivity index (χ3n) is 4.19. The quantitative estimate of drug-likeness (QED) is 0.746. The molecule has 1 atom stereocenters. The molecule has 1 saturated heterocycles. The maximum Gasteiger partial charge on any atom is 0.250 e. The van der Waals surface area contributed by atoms with Crippen molar-refractivity contribution in [3.8, 4) is 0 Å². The standard InChI is InChI=1S/C17H22N4O3S2/c1-13(20-26(23,24)16-5-4-10-25-16)17(22)19-12-14-6-7-18-15(11-14)21-8-2-3-9-21/h4-7,10-11,13,20H,2-3,8-9,12H2,1H3,(H,19,22). The fourth-order valence-electron chi connectivity index (χ4n) is 2.79. The molecule has 3 rings (SSSR count). The molecule has 0 saturated carbocycles. The van der Waals surface area contributed by atoms with Crippen LogP contribution >= 0.6 is 11.3 Å². The molecule has 0 bridgehead atoms. The van der Waals surface area contributed by atoms with Crippen LogP contribution in [0.2, 0.25) is 0 Å². The number of carbonyl (C=O) groups excluding carboxylic acids is 1. The molecule has 0 spiro atoms. The number of rotatable bonds is 7. The van der Waals surface area contributed by atoms with E-state index in [0.717, 1.165) is 35.8 Å². The van der Waals surface area contributed by atoms with Crippen LogP contribution in [0.4, 0.5) is 5.82 Å². The average molecular weight is 395 g/mol. The summed E-state index contributed by atoms with van der Waals surface area (Å²) in [6.45, 7) is 3.87. The van der Waals surface area contributed by atoms with Crippen molar-refractivity contribution >= 4 is 33.1 Å². The van der Waals surface area contributed by atoms with Crippen LogP contribution in [0.15, 0.2) is 40.1 Å². The maximum atomic E-state index is 12.2. The number of anilines is 1. The van der Waals surface area contributed by atoms with E-state index in [9.17, 15) is 13.2 Å². The van der Waals surface area contributed by atoms with E-state index in [4.69, 9.17) is 0 Å². The van der Waals surface area contributed by atoms with E-state index in [-0.39, 0.29) is 10.1 Å². The molecule has 1 amide bonds. The number of pyridine rings is 1. The van der Waals surface area contributed by atoms with Crippen molar-refractivity contribution < 1.29 is 13.2 Å². The fourth-order valence-corrected chi connectivity index (χ4v) is 5.01. The SMILES string of the molecule is CC(NS(=O)(=O)c1cccs1)C(=O)NCc1ccnc(N2CCCC2)c1. The van der Waals surface area contributed by atoms with Gasteiger partial charge in [0.2, 0.25) is 5.91 Å². The first-order valence-electron chi connectivity index (χ1n) is 8.49. The first kappa shape index (κ1) is 18.8. The average Bonchev–Trinajstić information content (AvgIpc) is 3.33. The molecular weight excluding hydrogens is 372 g/mol. The summed E-state index contributed by atoms with van der Waals surface area (Å²) in [5, 5.41) is 4.46. The van der Waals surface area contributed by atoms with Gasteiger partial charge < -0.3 is 10.2 Å². The van der Waals surface area contributed by atoms with Gasteiger partial charge in [-0.2, -0.15) is 4.72 Å². The van der Waals surface area contributed by atoms with E-state index in [1.54, 1.807) is 17.6 Å². The van der Waals surface area contributed by atoms with Gasteiger partial charge in [-0.05, 0) is 48.9 Å². The Hall–Kier alpha value is -1.97. The molecule has 2 aromatic rings. The van der Waals surface area contributed by atoms with Gasteiger partial charge in [0.05, 0.1) is 6.04 Å². The van der Waals surface area contributed by atoms with Crippen molar-refractivity contribution in [3.63, 3.8) is 0 Å². The summed E-state index contributed by atoms with van der Waals surface area (Å²) in [6.07, 6.45) is 4.08. The highest BCUT2D eigenvalue weighted by atomic mass is 32.2. The van der Waals surface area contributed by atoms with Crippen LogP contribution in [0.25, 0.3) is 0 Å². The zero-order valence-electron chi connectivity index (χ0n) is 14.5. The van der Waals surface area contributed by atoms with E-state index in [1.807, 2.05) is 12.1 Å². The lowest BCUT2D eigenvalue weighted by atomic mass is 10.2. The van der Waals surface area contributed by atoms with Crippen LogP contribution in [0.5, 0.6) is 0 Å². The zero-order valence-corrected chi connectivity index (χ0v) is 16.1. The number of hydrogen-bond acceptors (Lipinski definition) is 6. The van der Waals surface area contributed by atoms with Crippen molar-refractivity contribution in [1.82, 2.24) is 15.0 Å². The Morgan fingerprint density at radius 2 is 2.12 bits per heavy atom. The van der Waals surface area contributed by atoms with Gasteiger partial charge in [0.15, 0.2) is 0 Å². The normalized spacial score (nSPS) is 15.8. The number of amides is 1. The van der Waals surface area contributed by atoms with Crippen molar-refractivity contribution in [1.29, 1.82) is 0 Å². The summed E-state index contributed by atoms with van der Waals surface area (Å²) >= 11 is 1.11. The highest BCUT2D eigenvalue weighted by molar-refractivity contribution is 7.91. The van der Waals surface area contributed by atoms with Crippen molar-refractivity contribution in [2.45, 2.75) is 36.6 Å². The first-order chi connectivity index (χ1) is 12.5. The first-order valence-corrected chi connectivity index (χ1v) is 10.9. The maximum absolute atomic E-state index is 12.2. The van der Waals surface area contributed by atoms with Crippen molar-refractivity contribution in [2.24, 2.45) is 0 Å². The lowest BCUT2D eigenvalue weighted by molar-refractivity contribution is -0.122. The molecule has 9 heteroatoms. The number of sulfonamides is 1. The van der Waals surface area contributed by atoms with Crippen molar-refractivity contribution in [2.75, 3.05) is 18.0 Å². The van der Waals surface area contributed by atoms with E-state index in [0.29, 0.717) is 6.54 Å². The summed E-state index contributed by atoms with van der Waals surface area (Å²) < 4.78 is 27.0. The molecule has 3 heterocycles. The van der Waals surface area contributed by atoms with Crippen LogP contribution in [0, 0.1) is 0 Å². The number of aromatic nitrogens is 1. The van der Waals surface area contributed by atoms with Gasteiger partial charge in [0, 0.05) is 25.8 Å². The number of hydrogen-bond donors (Lipinski definition) is 2. The second kappa shape index (κ2) is 8.15. The van der Waals surface area contributed by atoms with Crippen molar-refractivity contribution in [3.05, 3.63) is 41.4 Å². The molecule has 1 unspecified atom stereocenters. The molecule has 7 nitrogen and oxygen atoms in total. The second-order valence-electron chi connectivity index (χ2n) is 6.21. The number of carbonyl (C=O) groups is 1. The van der Waals surface area contributed by atoms with Crippen LogP contribution in [-0.2, 0) is 21.4 Å². The van der Waals surface area contributed by atoms with E-state index in [1.165, 1.54) is 25.8 Å². The Bertz CT molecular complexity index is 847. The van der Waals surface area contributed by atoms with Gasteiger partial charge in [0.25, 0.3) is 10.0 Å². The highest BCUT2D eigenvalue weighted by Crippen LogP contribution is 2.18. The highest BCUT2D eigenvalue weighted by Gasteiger charge is 2.22. The van der Waals surface area contributed by atoms with Crippen LogP contribution in [0.1, 0.15) is 25.3 Å². The van der Waals surface area contributed by atoms with Gasteiger partial charge in [-0.3, -0.25) is 4.79 Å². The molecule has 0 aromatic carbocycles. The Morgan fingerprint density at radius 3 is 2.81 bits per heavy atom. The molecule has 140 valence electrons. The molecule has 1 aliphatic heterocycles. The summed E-state index contributed by atoms with van der Waals surface area (Å²) in [7, 11) is -3.67. The van der Waals surface area contributed by atoms with E-state index >= 15 is 0 Å². The molecule has 26 heavy (non-hydrogen) atoms. The molecule has 1 aliphatic rings.